The molecule has 0 aromatic rings. The molecule has 2 nitrogen and oxygen atoms in total. The maximum Gasteiger partial charge on any atom is 0.0250 e. The Morgan fingerprint density at radius 2 is 2.10 bits per heavy atom. The molecule has 1 aliphatic heterocycles. The van der Waals surface area contributed by atoms with Crippen LogP contribution in [0, 0.1) is 11.8 Å². The van der Waals surface area contributed by atoms with Crippen molar-refractivity contribution in [2.75, 3.05) is 32.7 Å². The number of hydrogen-bond acceptors (Lipinski definition) is 2. The second-order valence-corrected chi connectivity index (χ2v) is 7.28. The van der Waals surface area contributed by atoms with Crippen LogP contribution in [0.4, 0.5) is 0 Å². The van der Waals surface area contributed by atoms with Gasteiger partial charge in [0.2, 0.25) is 0 Å². The Morgan fingerprint density at radius 1 is 1.25 bits per heavy atom. The Hall–Kier alpha value is -0.600. The van der Waals surface area contributed by atoms with Crippen LogP contribution < -0.4 is 0 Å². The molecular weight excluding hydrogens is 244 g/mol. The van der Waals surface area contributed by atoms with Gasteiger partial charge in [0.1, 0.15) is 0 Å². The fraction of sp³-hybridized carbons (Fsp3) is 0.778. The lowest BCUT2D eigenvalue weighted by molar-refractivity contribution is 0.0540. The molecule has 3 rings (SSSR count). The largest absolute Gasteiger partial charge is 0.300 e. The number of nitrogens with zero attached hydrogens (tertiary/aromatic N) is 2. The van der Waals surface area contributed by atoms with Crippen molar-refractivity contribution in [2.24, 2.45) is 11.8 Å². The summed E-state index contributed by atoms with van der Waals surface area (Å²) in [5.41, 5.74) is 1.63. The average Bonchev–Trinajstić information content (AvgIpc) is 3.25. The molecule has 0 bridgehead atoms. The molecule has 1 saturated heterocycles. The Labute approximate surface area is 124 Å². The number of allylic oxidation sites excluding steroid dienone is 3. The third-order valence-corrected chi connectivity index (χ3v) is 5.11. The van der Waals surface area contributed by atoms with E-state index in [1.807, 2.05) is 0 Å². The Balaban J connectivity index is 1.58. The molecule has 2 fully saturated rings. The van der Waals surface area contributed by atoms with Gasteiger partial charge in [0.15, 0.2) is 0 Å². The molecule has 1 atom stereocenters. The van der Waals surface area contributed by atoms with Crippen LogP contribution in [-0.4, -0.2) is 48.6 Å². The Bertz CT molecular complexity index is 379. The lowest BCUT2D eigenvalue weighted by Crippen LogP contribution is -2.55. The van der Waals surface area contributed by atoms with Crippen LogP contribution in [0.3, 0.4) is 0 Å². The minimum Gasteiger partial charge on any atom is -0.300 e. The molecule has 0 aromatic carbocycles. The second kappa shape index (κ2) is 6.44. The van der Waals surface area contributed by atoms with Gasteiger partial charge in [0.05, 0.1) is 0 Å². The van der Waals surface area contributed by atoms with Gasteiger partial charge in [-0.05, 0) is 37.5 Å². The smallest absolute Gasteiger partial charge is 0.0250 e. The topological polar surface area (TPSA) is 6.48 Å². The second-order valence-electron chi connectivity index (χ2n) is 7.28. The number of hydrogen-bond donors (Lipinski definition) is 0. The first-order chi connectivity index (χ1) is 9.72. The van der Waals surface area contributed by atoms with Gasteiger partial charge >= 0.3 is 0 Å². The van der Waals surface area contributed by atoms with Crippen molar-refractivity contribution in [3.05, 3.63) is 23.8 Å². The normalized spacial score (nSPS) is 28.9. The van der Waals surface area contributed by atoms with E-state index >= 15 is 0 Å². The third kappa shape index (κ3) is 3.73. The molecule has 0 spiro atoms. The van der Waals surface area contributed by atoms with E-state index in [9.17, 15) is 0 Å². The monoisotopic (exact) mass is 274 g/mol. The maximum atomic E-state index is 2.75. The van der Waals surface area contributed by atoms with E-state index in [2.05, 4.69) is 41.9 Å². The van der Waals surface area contributed by atoms with Crippen molar-refractivity contribution in [3.63, 3.8) is 0 Å². The zero-order chi connectivity index (χ0) is 13.9. The molecule has 3 aliphatic rings. The van der Waals surface area contributed by atoms with Gasteiger partial charge in [-0.3, -0.25) is 4.90 Å². The molecular formula is C18H30N2. The lowest BCUT2D eigenvalue weighted by Gasteiger charge is -2.44. The fourth-order valence-electron chi connectivity index (χ4n) is 3.61. The van der Waals surface area contributed by atoms with Gasteiger partial charge in [-0.25, -0.2) is 0 Å². The highest BCUT2D eigenvalue weighted by Crippen LogP contribution is 2.31. The summed E-state index contributed by atoms with van der Waals surface area (Å²) in [6.45, 7) is 11.2. The highest BCUT2D eigenvalue weighted by atomic mass is 15.3. The van der Waals surface area contributed by atoms with Crippen LogP contribution in [-0.2, 0) is 0 Å². The summed E-state index contributed by atoms with van der Waals surface area (Å²) in [5, 5.41) is 0. The van der Waals surface area contributed by atoms with E-state index in [1.165, 1.54) is 58.4 Å². The quantitative estimate of drug-likeness (QED) is 0.759. The highest BCUT2D eigenvalue weighted by Gasteiger charge is 2.32. The molecule has 0 amide bonds. The highest BCUT2D eigenvalue weighted by molar-refractivity contribution is 5.19. The SMILES string of the molecule is CC(C)C1CN(CC2CC2)CCN1CC1=CC=CCC1. The summed E-state index contributed by atoms with van der Waals surface area (Å²) < 4.78 is 0. The third-order valence-electron chi connectivity index (χ3n) is 5.11. The zero-order valence-electron chi connectivity index (χ0n) is 13.2. The molecule has 0 N–H and O–H groups in total. The molecule has 1 heterocycles. The zero-order valence-corrected chi connectivity index (χ0v) is 13.2. The van der Waals surface area contributed by atoms with Crippen LogP contribution in [0.1, 0.15) is 39.5 Å². The van der Waals surface area contributed by atoms with Crippen molar-refractivity contribution in [3.8, 4) is 0 Å². The molecule has 1 saturated carbocycles. The first-order valence-corrected chi connectivity index (χ1v) is 8.53. The van der Waals surface area contributed by atoms with Crippen LogP contribution in [0.5, 0.6) is 0 Å². The minimum atomic E-state index is 0.745. The fourth-order valence-corrected chi connectivity index (χ4v) is 3.61. The summed E-state index contributed by atoms with van der Waals surface area (Å²) in [6, 6.07) is 0.745. The van der Waals surface area contributed by atoms with Crippen LogP contribution in [0.25, 0.3) is 0 Å². The van der Waals surface area contributed by atoms with Gasteiger partial charge in [0, 0.05) is 38.8 Å². The molecule has 20 heavy (non-hydrogen) atoms. The molecule has 112 valence electrons. The van der Waals surface area contributed by atoms with Crippen molar-refractivity contribution in [2.45, 2.75) is 45.6 Å². The van der Waals surface area contributed by atoms with E-state index in [1.54, 1.807) is 5.57 Å². The number of rotatable bonds is 5. The summed E-state index contributed by atoms with van der Waals surface area (Å²) in [6.07, 6.45) is 12.3. The Morgan fingerprint density at radius 3 is 2.75 bits per heavy atom. The first kappa shape index (κ1) is 14.3. The summed E-state index contributed by atoms with van der Waals surface area (Å²) in [7, 11) is 0. The van der Waals surface area contributed by atoms with Gasteiger partial charge < -0.3 is 4.90 Å². The Kier molecular flexibility index (Phi) is 4.62. The van der Waals surface area contributed by atoms with Gasteiger partial charge in [-0.2, -0.15) is 0 Å². The van der Waals surface area contributed by atoms with E-state index < -0.39 is 0 Å². The average molecular weight is 274 g/mol. The van der Waals surface area contributed by atoms with Crippen molar-refractivity contribution >= 4 is 0 Å². The van der Waals surface area contributed by atoms with Gasteiger partial charge in [-0.1, -0.05) is 37.6 Å². The van der Waals surface area contributed by atoms with Gasteiger partial charge in [-0.15, -0.1) is 0 Å². The summed E-state index contributed by atoms with van der Waals surface area (Å²) in [5.74, 6) is 1.79. The van der Waals surface area contributed by atoms with Crippen LogP contribution in [0.2, 0.25) is 0 Å². The molecule has 1 unspecified atom stereocenters. The van der Waals surface area contributed by atoms with Crippen molar-refractivity contribution in [1.82, 2.24) is 9.80 Å². The van der Waals surface area contributed by atoms with Crippen molar-refractivity contribution < 1.29 is 0 Å². The van der Waals surface area contributed by atoms with E-state index in [0.29, 0.717) is 0 Å². The maximum absolute atomic E-state index is 2.75. The molecule has 2 heteroatoms. The predicted molar refractivity (Wildman–Crippen MR) is 85.8 cm³/mol. The van der Waals surface area contributed by atoms with Crippen LogP contribution in [0.15, 0.2) is 23.8 Å². The van der Waals surface area contributed by atoms with Gasteiger partial charge in [0.25, 0.3) is 0 Å². The summed E-state index contributed by atoms with van der Waals surface area (Å²) >= 11 is 0. The van der Waals surface area contributed by atoms with Crippen molar-refractivity contribution in [1.29, 1.82) is 0 Å². The number of piperazine rings is 1. The van der Waals surface area contributed by atoms with E-state index in [0.717, 1.165) is 17.9 Å². The molecule has 0 aromatic heterocycles. The lowest BCUT2D eigenvalue weighted by atomic mass is 9.97. The predicted octanol–water partition coefficient (Wildman–Crippen LogP) is 3.32. The molecule has 2 aliphatic carbocycles. The van der Waals surface area contributed by atoms with E-state index in [-0.39, 0.29) is 0 Å². The molecule has 0 radical (unpaired) electrons. The standard InChI is InChI=1S/C18H30N2/c1-15(2)18-14-19(12-17-8-9-17)10-11-20(18)13-16-6-4-3-5-7-16/h3-4,6,15,17-18H,5,7-14H2,1-2H3. The minimum absolute atomic E-state index is 0.745. The van der Waals surface area contributed by atoms with Crippen LogP contribution >= 0.6 is 0 Å². The summed E-state index contributed by atoms with van der Waals surface area (Å²) in [4.78, 5) is 5.48. The first-order valence-electron chi connectivity index (χ1n) is 8.53. The van der Waals surface area contributed by atoms with E-state index in [4.69, 9.17) is 0 Å².